The highest BCUT2D eigenvalue weighted by Crippen LogP contribution is 2.33. The number of carbonyl (C=O) groups excluding carboxylic acids is 1. The van der Waals surface area contributed by atoms with Crippen molar-refractivity contribution in [2.45, 2.75) is 20.4 Å². The van der Waals surface area contributed by atoms with Crippen LogP contribution in [0, 0.1) is 6.92 Å². The Morgan fingerprint density at radius 3 is 2.91 bits per heavy atom. The molecule has 3 nitrogen and oxygen atoms in total. The SMILES string of the molecule is CCNC(=O)c1cc2scc(Br)c2n1Cc1cccc(C)c1. The molecule has 1 amide bonds. The van der Waals surface area contributed by atoms with Gasteiger partial charge >= 0.3 is 0 Å². The van der Waals surface area contributed by atoms with Crippen molar-refractivity contribution in [2.75, 3.05) is 6.54 Å². The molecular weight excluding hydrogens is 360 g/mol. The Balaban J connectivity index is 2.10. The number of aryl methyl sites for hydroxylation is 1. The predicted molar refractivity (Wildman–Crippen MR) is 95.8 cm³/mol. The van der Waals surface area contributed by atoms with Gasteiger partial charge in [-0.25, -0.2) is 0 Å². The van der Waals surface area contributed by atoms with Gasteiger partial charge in [-0.2, -0.15) is 0 Å². The molecule has 0 aliphatic rings. The van der Waals surface area contributed by atoms with Crippen molar-refractivity contribution in [1.82, 2.24) is 9.88 Å². The van der Waals surface area contributed by atoms with Crippen LogP contribution in [0.3, 0.4) is 0 Å². The minimum absolute atomic E-state index is 0.0227. The van der Waals surface area contributed by atoms with Gasteiger partial charge in [0.05, 0.1) is 14.7 Å². The summed E-state index contributed by atoms with van der Waals surface area (Å²) in [5, 5.41) is 4.97. The number of benzene rings is 1. The number of carbonyl (C=O) groups is 1. The van der Waals surface area contributed by atoms with Gasteiger partial charge in [-0.1, -0.05) is 29.8 Å². The molecule has 2 aromatic heterocycles. The topological polar surface area (TPSA) is 34.0 Å². The van der Waals surface area contributed by atoms with Gasteiger partial charge in [0, 0.05) is 18.5 Å². The van der Waals surface area contributed by atoms with Crippen LogP contribution in [-0.2, 0) is 6.54 Å². The molecule has 0 atom stereocenters. The fraction of sp³-hybridized carbons (Fsp3) is 0.235. The summed E-state index contributed by atoms with van der Waals surface area (Å²) in [7, 11) is 0. The number of halogens is 1. The predicted octanol–water partition coefficient (Wildman–Crippen LogP) is 4.57. The van der Waals surface area contributed by atoms with E-state index in [0.717, 1.165) is 14.7 Å². The van der Waals surface area contributed by atoms with Gasteiger partial charge in [-0.3, -0.25) is 4.79 Å². The minimum Gasteiger partial charge on any atom is -0.351 e. The Labute approximate surface area is 142 Å². The largest absolute Gasteiger partial charge is 0.351 e. The first-order valence-corrected chi connectivity index (χ1v) is 8.87. The van der Waals surface area contributed by atoms with Crippen LogP contribution in [0.5, 0.6) is 0 Å². The molecular formula is C17H17BrN2OS. The third kappa shape index (κ3) is 2.83. The van der Waals surface area contributed by atoms with E-state index in [9.17, 15) is 4.79 Å². The van der Waals surface area contributed by atoms with Crippen LogP contribution in [0.4, 0.5) is 0 Å². The van der Waals surface area contributed by atoms with Crippen LogP contribution >= 0.6 is 27.3 Å². The Morgan fingerprint density at radius 2 is 2.18 bits per heavy atom. The summed E-state index contributed by atoms with van der Waals surface area (Å²) >= 11 is 5.26. The van der Waals surface area contributed by atoms with Crippen LogP contribution < -0.4 is 5.32 Å². The maximum Gasteiger partial charge on any atom is 0.267 e. The number of nitrogens with one attached hydrogen (secondary N) is 1. The lowest BCUT2D eigenvalue weighted by molar-refractivity contribution is 0.0947. The molecule has 0 spiro atoms. The third-order valence-electron chi connectivity index (χ3n) is 3.57. The Hall–Kier alpha value is -1.59. The first-order valence-electron chi connectivity index (χ1n) is 7.20. The second-order valence-corrected chi connectivity index (χ2v) is 7.03. The van der Waals surface area contributed by atoms with E-state index in [4.69, 9.17) is 0 Å². The quantitative estimate of drug-likeness (QED) is 0.710. The maximum atomic E-state index is 12.4. The van der Waals surface area contributed by atoms with E-state index in [1.165, 1.54) is 11.1 Å². The van der Waals surface area contributed by atoms with E-state index < -0.39 is 0 Å². The van der Waals surface area contributed by atoms with Crippen molar-refractivity contribution in [3.05, 3.63) is 57.0 Å². The Kier molecular flexibility index (Phi) is 4.36. The molecule has 0 bridgehead atoms. The lowest BCUT2D eigenvalue weighted by atomic mass is 10.1. The molecule has 0 aliphatic carbocycles. The van der Waals surface area contributed by atoms with E-state index in [-0.39, 0.29) is 5.91 Å². The number of thiophene rings is 1. The van der Waals surface area contributed by atoms with Crippen LogP contribution in [0.15, 0.2) is 40.2 Å². The molecule has 1 N–H and O–H groups in total. The van der Waals surface area contributed by atoms with Gasteiger partial charge in [-0.05, 0) is 41.4 Å². The summed E-state index contributed by atoms with van der Waals surface area (Å²) in [6, 6.07) is 10.4. The van der Waals surface area contributed by atoms with E-state index in [1.807, 2.05) is 13.0 Å². The summed E-state index contributed by atoms with van der Waals surface area (Å²) in [4.78, 5) is 12.4. The summed E-state index contributed by atoms with van der Waals surface area (Å²) < 4.78 is 4.26. The number of rotatable bonds is 4. The first kappa shape index (κ1) is 15.3. The van der Waals surface area contributed by atoms with Crippen molar-refractivity contribution < 1.29 is 4.79 Å². The third-order valence-corrected chi connectivity index (χ3v) is 5.40. The van der Waals surface area contributed by atoms with Crippen molar-refractivity contribution in [2.24, 2.45) is 0 Å². The molecule has 2 heterocycles. The molecule has 5 heteroatoms. The highest BCUT2D eigenvalue weighted by atomic mass is 79.9. The lowest BCUT2D eigenvalue weighted by Crippen LogP contribution is -2.25. The van der Waals surface area contributed by atoms with Gasteiger partial charge in [-0.15, -0.1) is 11.3 Å². The molecule has 3 aromatic rings. The zero-order valence-electron chi connectivity index (χ0n) is 12.5. The summed E-state index contributed by atoms with van der Waals surface area (Å²) in [5.74, 6) is -0.0227. The fourth-order valence-electron chi connectivity index (χ4n) is 2.63. The number of amides is 1. The van der Waals surface area contributed by atoms with Crippen molar-refractivity contribution in [3.8, 4) is 0 Å². The molecule has 0 aliphatic heterocycles. The smallest absolute Gasteiger partial charge is 0.267 e. The van der Waals surface area contributed by atoms with Crippen molar-refractivity contribution in [3.63, 3.8) is 0 Å². The van der Waals surface area contributed by atoms with E-state index in [1.54, 1.807) is 11.3 Å². The van der Waals surface area contributed by atoms with Gasteiger partial charge in [0.15, 0.2) is 0 Å². The van der Waals surface area contributed by atoms with Gasteiger partial charge in [0.2, 0.25) is 0 Å². The molecule has 0 unspecified atom stereocenters. The van der Waals surface area contributed by atoms with E-state index in [2.05, 4.69) is 62.4 Å². The standard InChI is InChI=1S/C17H17BrN2OS/c1-3-19-17(21)14-8-15-16(13(18)10-22-15)20(14)9-12-6-4-5-11(2)7-12/h4-8,10H,3,9H2,1-2H3,(H,19,21). The van der Waals surface area contributed by atoms with E-state index >= 15 is 0 Å². The Morgan fingerprint density at radius 1 is 1.36 bits per heavy atom. The van der Waals surface area contributed by atoms with Gasteiger partial charge in [0.25, 0.3) is 5.91 Å². The minimum atomic E-state index is -0.0227. The average molecular weight is 377 g/mol. The number of fused-ring (bicyclic) bond motifs is 1. The highest BCUT2D eigenvalue weighted by Gasteiger charge is 2.18. The summed E-state index contributed by atoms with van der Waals surface area (Å²) in [6.07, 6.45) is 0. The maximum absolute atomic E-state index is 12.4. The van der Waals surface area contributed by atoms with Gasteiger partial charge < -0.3 is 9.88 Å². The molecule has 0 radical (unpaired) electrons. The van der Waals surface area contributed by atoms with Crippen LogP contribution in [-0.4, -0.2) is 17.0 Å². The van der Waals surface area contributed by atoms with Crippen molar-refractivity contribution in [1.29, 1.82) is 0 Å². The van der Waals surface area contributed by atoms with Crippen LogP contribution in [0.1, 0.15) is 28.5 Å². The molecule has 0 saturated heterocycles. The zero-order chi connectivity index (χ0) is 15.7. The fourth-order valence-corrected chi connectivity index (χ4v) is 4.32. The molecule has 0 saturated carbocycles. The number of aromatic nitrogens is 1. The monoisotopic (exact) mass is 376 g/mol. The van der Waals surface area contributed by atoms with E-state index in [0.29, 0.717) is 18.8 Å². The first-order chi connectivity index (χ1) is 10.6. The summed E-state index contributed by atoms with van der Waals surface area (Å²) in [6.45, 7) is 5.33. The number of hydrogen-bond donors (Lipinski definition) is 1. The number of hydrogen-bond acceptors (Lipinski definition) is 2. The van der Waals surface area contributed by atoms with Gasteiger partial charge in [0.1, 0.15) is 5.69 Å². The molecule has 0 fully saturated rings. The highest BCUT2D eigenvalue weighted by molar-refractivity contribution is 9.10. The Bertz CT molecular complexity index is 834. The normalized spacial score (nSPS) is 11.0. The molecule has 1 aromatic carbocycles. The zero-order valence-corrected chi connectivity index (χ0v) is 14.9. The second kappa shape index (κ2) is 6.26. The number of nitrogens with zero attached hydrogens (tertiary/aromatic N) is 1. The van der Waals surface area contributed by atoms with Crippen LogP contribution in [0.25, 0.3) is 10.2 Å². The van der Waals surface area contributed by atoms with Crippen LogP contribution in [0.2, 0.25) is 0 Å². The average Bonchev–Trinajstić information content (AvgIpc) is 3.01. The van der Waals surface area contributed by atoms with Crippen molar-refractivity contribution >= 4 is 43.4 Å². The molecule has 114 valence electrons. The second-order valence-electron chi connectivity index (χ2n) is 5.26. The lowest BCUT2D eigenvalue weighted by Gasteiger charge is -2.11. The molecule has 3 rings (SSSR count). The molecule has 22 heavy (non-hydrogen) atoms. The summed E-state index contributed by atoms with van der Waals surface area (Å²) in [5.41, 5.74) is 4.23.